The lowest BCUT2D eigenvalue weighted by atomic mass is 10.1. The predicted octanol–water partition coefficient (Wildman–Crippen LogP) is 16.8. The van der Waals surface area contributed by atoms with Crippen molar-refractivity contribution < 1.29 is 76.3 Å². The molecule has 16 nitrogen and oxygen atoms in total. The molecule has 0 aromatic heterocycles. The first kappa shape index (κ1) is 84.2. The summed E-state index contributed by atoms with van der Waals surface area (Å²) < 4.78 is 40.6. The summed E-state index contributed by atoms with van der Waals surface area (Å²) in [6.45, 7) is 25.0. The van der Waals surface area contributed by atoms with Crippen molar-refractivity contribution in [2.24, 2.45) is 0 Å². The van der Waals surface area contributed by atoms with Crippen molar-refractivity contribution in [3.8, 4) is 0 Å². The molecule has 0 aliphatic heterocycles. The molecule has 484 valence electrons. The first-order valence-corrected chi connectivity index (χ1v) is 32.8. The van der Waals surface area contributed by atoms with Gasteiger partial charge in [-0.1, -0.05) is 196 Å². The van der Waals surface area contributed by atoms with E-state index >= 15 is 0 Å². The van der Waals surface area contributed by atoms with Crippen molar-refractivity contribution in [1.29, 1.82) is 0 Å². The first-order chi connectivity index (χ1) is 39.4. The maximum absolute atomic E-state index is 11.8. The van der Waals surface area contributed by atoms with Crippen LogP contribution >= 0.6 is 0 Å². The minimum atomic E-state index is -0.399. The number of carbonyl (C=O) groups is 8. The van der Waals surface area contributed by atoms with Gasteiger partial charge in [0.25, 0.3) is 0 Å². The van der Waals surface area contributed by atoms with E-state index in [1.54, 1.807) is 41.5 Å². The molecule has 0 heterocycles. The van der Waals surface area contributed by atoms with Crippen LogP contribution in [0.3, 0.4) is 0 Å². The van der Waals surface area contributed by atoms with Gasteiger partial charge in [0.15, 0.2) is 0 Å². The Morgan fingerprint density at radius 1 is 0.232 bits per heavy atom. The van der Waals surface area contributed by atoms with Crippen LogP contribution in [0.25, 0.3) is 0 Å². The van der Waals surface area contributed by atoms with Gasteiger partial charge in [0.2, 0.25) is 0 Å². The van der Waals surface area contributed by atoms with Crippen LogP contribution < -0.4 is 0 Å². The van der Waals surface area contributed by atoms with Crippen molar-refractivity contribution in [3.63, 3.8) is 0 Å². The van der Waals surface area contributed by atoms with Crippen LogP contribution in [0.15, 0.2) is 0 Å². The highest BCUT2D eigenvalue weighted by Gasteiger charge is 2.18. The highest BCUT2D eigenvalue weighted by Crippen LogP contribution is 2.13. The fourth-order valence-electron chi connectivity index (χ4n) is 8.07. The zero-order chi connectivity index (χ0) is 62.3. The summed E-state index contributed by atoms with van der Waals surface area (Å²) in [5.41, 5.74) is 0. The summed E-state index contributed by atoms with van der Waals surface area (Å²) in [5, 5.41) is 0. The Bertz CT molecular complexity index is 1460. The minimum Gasteiger partial charge on any atom is -0.466 e. The van der Waals surface area contributed by atoms with Gasteiger partial charge in [0, 0.05) is 25.7 Å². The molecule has 82 heavy (non-hydrogen) atoms. The summed E-state index contributed by atoms with van der Waals surface area (Å²) >= 11 is 0. The minimum absolute atomic E-state index is 0.132. The van der Waals surface area contributed by atoms with Gasteiger partial charge in [0.05, 0.1) is 52.1 Å². The molecule has 0 aliphatic rings. The summed E-state index contributed by atoms with van der Waals surface area (Å²) in [6, 6.07) is 0. The first-order valence-electron chi connectivity index (χ1n) is 32.8. The molecular formula is C66H124O16. The van der Waals surface area contributed by atoms with Gasteiger partial charge in [-0.3, -0.25) is 38.4 Å². The number of rotatable bonds is 50. The zero-order valence-corrected chi connectivity index (χ0v) is 54.5. The second kappa shape index (κ2) is 65.9. The fraction of sp³-hybridized carbons (Fsp3) is 0.879. The van der Waals surface area contributed by atoms with Gasteiger partial charge in [-0.25, -0.2) is 0 Å². The van der Waals surface area contributed by atoms with E-state index < -0.39 is 24.4 Å². The molecule has 0 bridgehead atoms. The molecule has 4 atom stereocenters. The maximum Gasteiger partial charge on any atom is 0.309 e. The molecule has 0 aromatic rings. The Balaban J connectivity index is -0.000000503. The molecule has 0 spiro atoms. The zero-order valence-electron chi connectivity index (χ0n) is 54.5. The third kappa shape index (κ3) is 70.0. The Labute approximate surface area is 500 Å². The molecule has 0 saturated carbocycles. The Morgan fingerprint density at radius 3 is 0.659 bits per heavy atom. The fourth-order valence-corrected chi connectivity index (χ4v) is 8.07. The van der Waals surface area contributed by atoms with Crippen LogP contribution in [0.1, 0.15) is 327 Å². The van der Waals surface area contributed by atoms with E-state index in [0.717, 1.165) is 83.5 Å². The lowest BCUT2D eigenvalue weighted by Crippen LogP contribution is -2.20. The number of hydrogen-bond acceptors (Lipinski definition) is 16. The van der Waals surface area contributed by atoms with Gasteiger partial charge < -0.3 is 37.9 Å². The second-order valence-corrected chi connectivity index (χ2v) is 21.6. The van der Waals surface area contributed by atoms with E-state index in [9.17, 15) is 38.4 Å². The summed E-state index contributed by atoms with van der Waals surface area (Å²) in [6.07, 6.45) is 34.3. The molecule has 0 fully saturated rings. The average molecular weight is 1170 g/mol. The average Bonchev–Trinajstić information content (AvgIpc) is 3.40. The Hall–Kier alpha value is -4.24. The van der Waals surface area contributed by atoms with Crippen LogP contribution in [-0.4, -0.2) is 98.6 Å². The Morgan fingerprint density at radius 2 is 0.415 bits per heavy atom. The van der Waals surface area contributed by atoms with E-state index in [2.05, 4.69) is 41.5 Å². The van der Waals surface area contributed by atoms with Gasteiger partial charge in [0.1, 0.15) is 24.4 Å². The van der Waals surface area contributed by atoms with E-state index in [-0.39, 0.29) is 73.4 Å². The van der Waals surface area contributed by atoms with Crippen molar-refractivity contribution in [2.75, 3.05) is 26.4 Å². The van der Waals surface area contributed by atoms with Crippen LogP contribution in [0, 0.1) is 0 Å². The molecule has 0 saturated heterocycles. The van der Waals surface area contributed by atoms with Crippen molar-refractivity contribution in [3.05, 3.63) is 0 Å². The highest BCUT2D eigenvalue weighted by molar-refractivity contribution is 5.74. The third-order valence-electron chi connectivity index (χ3n) is 12.7. The van der Waals surface area contributed by atoms with E-state index in [0.29, 0.717) is 52.1 Å². The van der Waals surface area contributed by atoms with E-state index in [4.69, 9.17) is 37.9 Å². The summed E-state index contributed by atoms with van der Waals surface area (Å²) in [7, 11) is 0. The monoisotopic (exact) mass is 1170 g/mol. The van der Waals surface area contributed by atoms with Gasteiger partial charge in [-0.15, -0.1) is 0 Å². The molecule has 0 unspecified atom stereocenters. The second-order valence-electron chi connectivity index (χ2n) is 21.6. The highest BCUT2D eigenvalue weighted by atomic mass is 16.6. The van der Waals surface area contributed by atoms with Crippen LogP contribution in [0.5, 0.6) is 0 Å². The van der Waals surface area contributed by atoms with Crippen molar-refractivity contribution in [1.82, 2.24) is 0 Å². The lowest BCUT2D eigenvalue weighted by molar-refractivity contribution is -0.156. The molecular weight excluding hydrogens is 1050 g/mol. The quantitative estimate of drug-likeness (QED) is 0.0315. The SMILES string of the molecule is CCCCCC(=O)O[C@H](C)CC(=O)OCC.CCCCCCCC(=O)O[C@H](C)CC(=O)OCC.CCCCCCCC(=O)O[C@H](C)CC(=O)OCCCCCC.CCCCCCCCCC(=O)O[C@H](C)CC(=O)OCCCCCCCC. The van der Waals surface area contributed by atoms with Gasteiger partial charge in [-0.05, 0) is 80.1 Å². The molecule has 0 N–H and O–H groups in total. The largest absolute Gasteiger partial charge is 0.466 e. The molecule has 16 heteroatoms. The molecule has 0 rings (SSSR count). The third-order valence-corrected chi connectivity index (χ3v) is 12.7. The van der Waals surface area contributed by atoms with Crippen LogP contribution in [0.4, 0.5) is 0 Å². The number of esters is 8. The summed E-state index contributed by atoms with van der Waals surface area (Å²) in [5.74, 6) is -2.05. The van der Waals surface area contributed by atoms with Gasteiger partial charge >= 0.3 is 47.8 Å². The summed E-state index contributed by atoms with van der Waals surface area (Å²) in [4.78, 5) is 91.7. The smallest absolute Gasteiger partial charge is 0.309 e. The lowest BCUT2D eigenvalue weighted by Gasteiger charge is -2.13. The van der Waals surface area contributed by atoms with Crippen LogP contribution in [0.2, 0.25) is 0 Å². The van der Waals surface area contributed by atoms with E-state index in [1.165, 1.54) is 109 Å². The standard InChI is InChI=1S/C22H42O4.C18H34O4.C14H26O4.C12H22O4/c1-4-6-8-10-12-13-15-17-21(23)26-20(3)19-22(24)25-18-16-14-11-9-7-5-2;1-4-6-8-10-11-13-17(19)22-16(3)15-18(20)21-14-12-9-7-5-2;1-4-6-7-8-9-10-13(15)18-12(3)11-14(16)17-5-2;1-4-6-7-8-11(13)16-10(3)9-12(14)15-5-2/h20H,4-19H2,1-3H3;16H,4-15H2,1-3H3;12H,4-11H2,1-3H3;10H,4-9H2,1-3H3/t20-;16-;12-;10-/m1111/s1. The number of ether oxygens (including phenoxy) is 8. The Kier molecular flexibility index (Phi) is 67.7. The predicted molar refractivity (Wildman–Crippen MR) is 327 cm³/mol. The molecule has 0 radical (unpaired) electrons. The molecule has 0 aliphatic carbocycles. The number of hydrogen-bond donors (Lipinski definition) is 0. The normalized spacial score (nSPS) is 12.0. The topological polar surface area (TPSA) is 210 Å². The van der Waals surface area contributed by atoms with Crippen molar-refractivity contribution in [2.45, 2.75) is 351 Å². The maximum atomic E-state index is 11.8. The van der Waals surface area contributed by atoms with Gasteiger partial charge in [-0.2, -0.15) is 0 Å². The van der Waals surface area contributed by atoms with Crippen LogP contribution in [-0.2, 0) is 76.3 Å². The van der Waals surface area contributed by atoms with Crippen molar-refractivity contribution >= 4 is 47.8 Å². The molecule has 0 aromatic carbocycles. The number of unbranched alkanes of at least 4 members (excludes halogenated alkanes) is 24. The number of carbonyl (C=O) groups excluding carboxylic acids is 8. The molecule has 0 amide bonds. The van der Waals surface area contributed by atoms with E-state index in [1.807, 2.05) is 0 Å².